The molecule has 0 aliphatic heterocycles. The van der Waals surface area contributed by atoms with Gasteiger partial charge in [-0.05, 0) is 32.4 Å². The van der Waals surface area contributed by atoms with Crippen LogP contribution in [0.2, 0.25) is 0 Å². The maximum absolute atomic E-state index is 14.1. The van der Waals surface area contributed by atoms with Gasteiger partial charge >= 0.3 is 0 Å². The molecule has 0 spiro atoms. The Morgan fingerprint density at radius 2 is 1.86 bits per heavy atom. The summed E-state index contributed by atoms with van der Waals surface area (Å²) in [6.07, 6.45) is 2.71. The van der Waals surface area contributed by atoms with Gasteiger partial charge < -0.3 is 0 Å². The Morgan fingerprint density at radius 3 is 2.43 bits per heavy atom. The van der Waals surface area contributed by atoms with E-state index in [1.165, 1.54) is 12.4 Å². The smallest absolute Gasteiger partial charge is 0.146 e. The average Bonchev–Trinajstić information content (AvgIpc) is 2.45. The number of hydrogen-bond acceptors (Lipinski definition) is 2. The number of pyridine rings is 1. The Balaban J connectivity index is 2.41. The Morgan fingerprint density at radius 1 is 1.19 bits per heavy atom. The van der Waals surface area contributed by atoms with Crippen LogP contribution in [0.1, 0.15) is 37.9 Å². The lowest BCUT2D eigenvalue weighted by atomic mass is 10.0. The molecule has 0 amide bonds. The molecular formula is C16H19FN2OS. The highest BCUT2D eigenvalue weighted by molar-refractivity contribution is 7.84. The van der Waals surface area contributed by atoms with Crippen LogP contribution in [-0.4, -0.2) is 13.9 Å². The van der Waals surface area contributed by atoms with Crippen molar-refractivity contribution in [3.8, 4) is 0 Å². The summed E-state index contributed by atoms with van der Waals surface area (Å²) in [7, 11) is -1.31. The lowest BCUT2D eigenvalue weighted by Crippen LogP contribution is -2.36. The number of nitrogens with one attached hydrogen (secondary N) is 1. The standard InChI is InChI=1S/C16H19FN2OS/c1-16(2,3)21(20)19-15(12-7-5-4-6-8-12)13-9-10-18-11-14(13)17/h4-11,15,19H,1-3H3. The molecule has 5 heteroatoms. The van der Waals surface area contributed by atoms with Gasteiger partial charge in [-0.15, -0.1) is 0 Å². The van der Waals surface area contributed by atoms with Crippen LogP contribution in [0.3, 0.4) is 0 Å². The molecular weight excluding hydrogens is 287 g/mol. The SMILES string of the molecule is CC(C)(C)S(=O)NC(c1ccccc1)c1ccncc1F. The van der Waals surface area contributed by atoms with Crippen LogP contribution >= 0.6 is 0 Å². The van der Waals surface area contributed by atoms with Crippen molar-refractivity contribution in [2.24, 2.45) is 0 Å². The monoisotopic (exact) mass is 306 g/mol. The molecule has 0 saturated carbocycles. The zero-order valence-corrected chi connectivity index (χ0v) is 13.2. The first-order valence-electron chi connectivity index (χ1n) is 6.72. The minimum atomic E-state index is -1.31. The van der Waals surface area contributed by atoms with Gasteiger partial charge in [0.15, 0.2) is 0 Å². The van der Waals surface area contributed by atoms with E-state index in [-0.39, 0.29) is 0 Å². The lowest BCUT2D eigenvalue weighted by molar-refractivity contribution is 0.577. The van der Waals surface area contributed by atoms with Crippen molar-refractivity contribution in [2.75, 3.05) is 0 Å². The third-order valence-corrected chi connectivity index (χ3v) is 4.59. The van der Waals surface area contributed by atoms with Crippen molar-refractivity contribution in [1.29, 1.82) is 0 Å². The predicted molar refractivity (Wildman–Crippen MR) is 83.5 cm³/mol. The fraction of sp³-hybridized carbons (Fsp3) is 0.312. The summed E-state index contributed by atoms with van der Waals surface area (Å²) in [5, 5.41) is 0. The minimum absolute atomic E-state index is 0.412. The van der Waals surface area contributed by atoms with Crippen molar-refractivity contribution in [2.45, 2.75) is 31.6 Å². The fourth-order valence-corrected chi connectivity index (χ4v) is 2.69. The second kappa shape index (κ2) is 6.45. The number of benzene rings is 1. The summed E-state index contributed by atoms with van der Waals surface area (Å²) in [5.41, 5.74) is 1.30. The van der Waals surface area contributed by atoms with Crippen molar-refractivity contribution >= 4 is 11.0 Å². The van der Waals surface area contributed by atoms with Crippen LogP contribution in [-0.2, 0) is 11.0 Å². The Hall–Kier alpha value is -1.59. The molecule has 0 saturated heterocycles. The highest BCUT2D eigenvalue weighted by atomic mass is 32.2. The Labute approximate surface area is 127 Å². The van der Waals surface area contributed by atoms with Crippen LogP contribution in [0.5, 0.6) is 0 Å². The molecule has 0 bridgehead atoms. The van der Waals surface area contributed by atoms with Gasteiger partial charge in [0.25, 0.3) is 0 Å². The topological polar surface area (TPSA) is 42.0 Å². The molecule has 0 radical (unpaired) electrons. The van der Waals surface area contributed by atoms with Crippen LogP contribution in [0, 0.1) is 5.82 Å². The summed E-state index contributed by atoms with van der Waals surface area (Å²) in [6.45, 7) is 5.63. The maximum atomic E-state index is 14.1. The second-order valence-corrected chi connectivity index (χ2v) is 7.74. The van der Waals surface area contributed by atoms with E-state index >= 15 is 0 Å². The normalized spacial score (nSPS) is 14.7. The van der Waals surface area contributed by atoms with E-state index in [2.05, 4.69) is 9.71 Å². The predicted octanol–water partition coefficient (Wildman–Crippen LogP) is 3.36. The average molecular weight is 306 g/mol. The van der Waals surface area contributed by atoms with Crippen molar-refractivity contribution < 1.29 is 8.60 Å². The van der Waals surface area contributed by atoms with Gasteiger partial charge in [0, 0.05) is 11.8 Å². The molecule has 21 heavy (non-hydrogen) atoms. The van der Waals surface area contributed by atoms with Crippen LogP contribution in [0.4, 0.5) is 4.39 Å². The summed E-state index contributed by atoms with van der Waals surface area (Å²) in [4.78, 5) is 3.77. The minimum Gasteiger partial charge on any atom is -0.262 e. The van der Waals surface area contributed by atoms with Gasteiger partial charge in [0.1, 0.15) is 5.82 Å². The van der Waals surface area contributed by atoms with Crippen molar-refractivity contribution in [1.82, 2.24) is 9.71 Å². The molecule has 1 aromatic carbocycles. The molecule has 1 aromatic heterocycles. The molecule has 2 atom stereocenters. The maximum Gasteiger partial charge on any atom is 0.146 e. The van der Waals surface area contributed by atoms with E-state index in [0.29, 0.717) is 5.56 Å². The van der Waals surface area contributed by atoms with Crippen LogP contribution in [0.15, 0.2) is 48.8 Å². The molecule has 1 heterocycles. The molecule has 2 unspecified atom stereocenters. The summed E-state index contributed by atoms with van der Waals surface area (Å²) in [6, 6.07) is 10.6. The highest BCUT2D eigenvalue weighted by Gasteiger charge is 2.26. The first-order valence-corrected chi connectivity index (χ1v) is 7.87. The molecule has 0 aliphatic carbocycles. The van der Waals surface area contributed by atoms with E-state index in [1.807, 2.05) is 51.1 Å². The van der Waals surface area contributed by atoms with Gasteiger partial charge in [-0.1, -0.05) is 30.3 Å². The zero-order valence-electron chi connectivity index (χ0n) is 12.3. The van der Waals surface area contributed by atoms with Crippen molar-refractivity contribution in [3.63, 3.8) is 0 Å². The Kier molecular flexibility index (Phi) is 4.85. The van der Waals surface area contributed by atoms with Gasteiger partial charge in [-0.2, -0.15) is 0 Å². The van der Waals surface area contributed by atoms with E-state index < -0.39 is 27.6 Å². The van der Waals surface area contributed by atoms with E-state index in [4.69, 9.17) is 0 Å². The molecule has 0 aliphatic rings. The third kappa shape index (κ3) is 3.95. The first-order chi connectivity index (χ1) is 9.89. The fourth-order valence-electron chi connectivity index (χ4n) is 1.86. The van der Waals surface area contributed by atoms with Crippen molar-refractivity contribution in [3.05, 3.63) is 65.7 Å². The third-order valence-electron chi connectivity index (χ3n) is 3.03. The van der Waals surface area contributed by atoms with E-state index in [9.17, 15) is 8.60 Å². The molecule has 2 rings (SSSR count). The number of halogens is 1. The first kappa shape index (κ1) is 15.8. The van der Waals surface area contributed by atoms with Gasteiger partial charge in [0.2, 0.25) is 0 Å². The van der Waals surface area contributed by atoms with Gasteiger partial charge in [-0.3, -0.25) is 4.98 Å². The number of hydrogen-bond donors (Lipinski definition) is 1. The molecule has 3 nitrogen and oxygen atoms in total. The van der Waals surface area contributed by atoms with Crippen LogP contribution in [0.25, 0.3) is 0 Å². The van der Waals surface area contributed by atoms with Crippen LogP contribution < -0.4 is 4.72 Å². The molecule has 112 valence electrons. The molecule has 1 N–H and O–H groups in total. The summed E-state index contributed by atoms with van der Waals surface area (Å²) >= 11 is 0. The highest BCUT2D eigenvalue weighted by Crippen LogP contribution is 2.25. The quantitative estimate of drug-likeness (QED) is 0.941. The second-order valence-electron chi connectivity index (χ2n) is 5.74. The van der Waals surface area contributed by atoms with Gasteiger partial charge in [-0.25, -0.2) is 13.3 Å². The molecule has 0 fully saturated rings. The largest absolute Gasteiger partial charge is 0.262 e. The Bertz CT molecular complexity index is 626. The lowest BCUT2D eigenvalue weighted by Gasteiger charge is -2.25. The summed E-state index contributed by atoms with van der Waals surface area (Å²) in [5.74, 6) is -0.412. The number of nitrogens with zero attached hydrogens (tertiary/aromatic N) is 1. The zero-order chi connectivity index (χ0) is 15.5. The molecule has 2 aromatic rings. The van der Waals surface area contributed by atoms with Gasteiger partial charge in [0.05, 0.1) is 28.0 Å². The van der Waals surface area contributed by atoms with E-state index in [1.54, 1.807) is 6.07 Å². The van der Waals surface area contributed by atoms with E-state index in [0.717, 1.165) is 5.56 Å². The number of rotatable bonds is 4. The summed E-state index contributed by atoms with van der Waals surface area (Å²) < 4.78 is 29.1. The number of aromatic nitrogens is 1.